The zero-order valence-electron chi connectivity index (χ0n) is 12.1. The summed E-state index contributed by atoms with van der Waals surface area (Å²) in [6.45, 7) is 6.55. The molecule has 0 fully saturated rings. The number of ether oxygens (including phenoxy) is 1. The molecule has 2 aromatic rings. The maximum absolute atomic E-state index is 5.50. The maximum atomic E-state index is 5.50. The molecule has 0 saturated carbocycles. The standard InChI is InChI=1S/C13H19N5O2/c1-5-14-11-10(19-4)12(17-7-16-11)18-9(3)13-15-6-8(2)20-13/h6-7,9H,5H2,1-4H3,(H2,14,16,17,18). The first-order chi connectivity index (χ1) is 9.65. The van der Waals surface area contributed by atoms with Crippen LogP contribution in [0, 0.1) is 6.92 Å². The Bertz CT molecular complexity index is 570. The lowest BCUT2D eigenvalue weighted by atomic mass is 10.3. The normalized spacial score (nSPS) is 12.0. The van der Waals surface area contributed by atoms with Crippen LogP contribution in [0.3, 0.4) is 0 Å². The molecule has 0 saturated heterocycles. The molecule has 0 aliphatic heterocycles. The van der Waals surface area contributed by atoms with Gasteiger partial charge in [-0.15, -0.1) is 0 Å². The first-order valence-electron chi connectivity index (χ1n) is 6.47. The number of hydrogen-bond donors (Lipinski definition) is 2. The first kappa shape index (κ1) is 14.1. The minimum atomic E-state index is -0.123. The maximum Gasteiger partial charge on any atom is 0.216 e. The summed E-state index contributed by atoms with van der Waals surface area (Å²) >= 11 is 0. The van der Waals surface area contributed by atoms with Gasteiger partial charge in [0, 0.05) is 6.54 Å². The third-order valence-corrected chi connectivity index (χ3v) is 2.71. The van der Waals surface area contributed by atoms with Crippen molar-refractivity contribution in [3.63, 3.8) is 0 Å². The fourth-order valence-corrected chi connectivity index (χ4v) is 1.80. The molecule has 0 bridgehead atoms. The molecular weight excluding hydrogens is 258 g/mol. The molecule has 108 valence electrons. The van der Waals surface area contributed by atoms with Crippen LogP contribution in [-0.4, -0.2) is 28.6 Å². The smallest absolute Gasteiger partial charge is 0.216 e. The fraction of sp³-hybridized carbons (Fsp3) is 0.462. The summed E-state index contributed by atoms with van der Waals surface area (Å²) in [6.07, 6.45) is 3.17. The second-order valence-electron chi connectivity index (χ2n) is 4.31. The highest BCUT2D eigenvalue weighted by molar-refractivity contribution is 5.63. The van der Waals surface area contributed by atoms with Gasteiger partial charge in [-0.25, -0.2) is 15.0 Å². The van der Waals surface area contributed by atoms with Crippen molar-refractivity contribution >= 4 is 11.6 Å². The average Bonchev–Trinajstić information content (AvgIpc) is 2.86. The molecule has 0 amide bonds. The minimum Gasteiger partial charge on any atom is -0.490 e. The minimum absolute atomic E-state index is 0.123. The Labute approximate surface area is 117 Å². The number of nitrogens with one attached hydrogen (secondary N) is 2. The Morgan fingerprint density at radius 3 is 2.65 bits per heavy atom. The Kier molecular flexibility index (Phi) is 4.39. The van der Waals surface area contributed by atoms with Crippen molar-refractivity contribution < 1.29 is 9.15 Å². The van der Waals surface area contributed by atoms with E-state index in [0.717, 1.165) is 12.3 Å². The quantitative estimate of drug-likeness (QED) is 0.838. The van der Waals surface area contributed by atoms with Crippen LogP contribution in [0.4, 0.5) is 11.6 Å². The predicted octanol–water partition coefficient (Wildman–Crippen LogP) is 2.39. The highest BCUT2D eigenvalue weighted by Gasteiger charge is 2.17. The molecule has 1 atom stereocenters. The number of methoxy groups -OCH3 is 1. The molecular formula is C13H19N5O2. The number of hydrogen-bond acceptors (Lipinski definition) is 7. The third-order valence-electron chi connectivity index (χ3n) is 2.71. The van der Waals surface area contributed by atoms with Gasteiger partial charge in [-0.3, -0.25) is 0 Å². The monoisotopic (exact) mass is 277 g/mol. The lowest BCUT2D eigenvalue weighted by Gasteiger charge is -2.16. The number of aromatic nitrogens is 3. The SMILES string of the molecule is CCNc1ncnc(NC(C)c2ncc(C)o2)c1OC. The van der Waals surface area contributed by atoms with Gasteiger partial charge >= 0.3 is 0 Å². The summed E-state index contributed by atoms with van der Waals surface area (Å²) in [7, 11) is 1.59. The summed E-state index contributed by atoms with van der Waals surface area (Å²) in [4.78, 5) is 12.6. The highest BCUT2D eigenvalue weighted by Crippen LogP contribution is 2.31. The van der Waals surface area contributed by atoms with E-state index < -0.39 is 0 Å². The topological polar surface area (TPSA) is 85.1 Å². The van der Waals surface area contributed by atoms with Crippen LogP contribution >= 0.6 is 0 Å². The van der Waals surface area contributed by atoms with Crippen molar-refractivity contribution in [3.8, 4) is 5.75 Å². The summed E-state index contributed by atoms with van der Waals surface area (Å²) in [5.74, 6) is 3.21. The van der Waals surface area contributed by atoms with Crippen LogP contribution in [0.2, 0.25) is 0 Å². The lowest BCUT2D eigenvalue weighted by molar-refractivity contribution is 0.412. The molecule has 7 heteroatoms. The zero-order valence-corrected chi connectivity index (χ0v) is 12.1. The van der Waals surface area contributed by atoms with Crippen molar-refractivity contribution in [1.82, 2.24) is 15.0 Å². The molecule has 7 nitrogen and oxygen atoms in total. The van der Waals surface area contributed by atoms with E-state index in [9.17, 15) is 0 Å². The van der Waals surface area contributed by atoms with Crippen molar-refractivity contribution in [3.05, 3.63) is 24.2 Å². The number of anilines is 2. The largest absolute Gasteiger partial charge is 0.490 e. The molecule has 2 N–H and O–H groups in total. The van der Waals surface area contributed by atoms with Gasteiger partial charge < -0.3 is 19.8 Å². The summed E-state index contributed by atoms with van der Waals surface area (Å²) < 4.78 is 10.9. The van der Waals surface area contributed by atoms with Crippen molar-refractivity contribution in [2.75, 3.05) is 24.3 Å². The molecule has 1 unspecified atom stereocenters. The van der Waals surface area contributed by atoms with Gasteiger partial charge in [-0.05, 0) is 20.8 Å². The van der Waals surface area contributed by atoms with E-state index in [4.69, 9.17) is 9.15 Å². The van der Waals surface area contributed by atoms with Gasteiger partial charge in [-0.1, -0.05) is 0 Å². The average molecular weight is 277 g/mol. The Morgan fingerprint density at radius 2 is 2.05 bits per heavy atom. The predicted molar refractivity (Wildman–Crippen MR) is 76.0 cm³/mol. The van der Waals surface area contributed by atoms with Crippen molar-refractivity contribution in [2.24, 2.45) is 0 Å². The molecule has 0 aliphatic carbocycles. The molecule has 2 heterocycles. The highest BCUT2D eigenvalue weighted by atomic mass is 16.5. The third kappa shape index (κ3) is 2.98. The van der Waals surface area contributed by atoms with E-state index in [1.807, 2.05) is 20.8 Å². The van der Waals surface area contributed by atoms with E-state index in [-0.39, 0.29) is 6.04 Å². The van der Waals surface area contributed by atoms with Crippen LogP contribution in [0.15, 0.2) is 16.9 Å². The lowest BCUT2D eigenvalue weighted by Crippen LogP contribution is -2.11. The van der Waals surface area contributed by atoms with E-state index in [1.54, 1.807) is 13.3 Å². The van der Waals surface area contributed by atoms with Gasteiger partial charge in [0.1, 0.15) is 18.1 Å². The molecule has 2 rings (SSSR count). The Morgan fingerprint density at radius 1 is 1.30 bits per heavy atom. The van der Waals surface area contributed by atoms with E-state index >= 15 is 0 Å². The first-order valence-corrected chi connectivity index (χ1v) is 6.47. The van der Waals surface area contributed by atoms with E-state index in [1.165, 1.54) is 6.33 Å². The summed E-state index contributed by atoms with van der Waals surface area (Å²) in [5.41, 5.74) is 0. The van der Waals surface area contributed by atoms with Crippen LogP contribution in [0.25, 0.3) is 0 Å². The second kappa shape index (κ2) is 6.23. The van der Waals surface area contributed by atoms with Crippen LogP contribution < -0.4 is 15.4 Å². The molecule has 0 aliphatic rings. The van der Waals surface area contributed by atoms with Gasteiger partial charge in [0.05, 0.1) is 13.3 Å². The molecule has 0 aromatic carbocycles. The van der Waals surface area contributed by atoms with Crippen LogP contribution in [-0.2, 0) is 0 Å². The van der Waals surface area contributed by atoms with E-state index in [2.05, 4.69) is 25.6 Å². The number of aryl methyl sites for hydroxylation is 1. The second-order valence-corrected chi connectivity index (χ2v) is 4.31. The number of oxazole rings is 1. The molecule has 0 radical (unpaired) electrons. The molecule has 2 aromatic heterocycles. The Hall–Kier alpha value is -2.31. The fourth-order valence-electron chi connectivity index (χ4n) is 1.80. The zero-order chi connectivity index (χ0) is 14.5. The van der Waals surface area contributed by atoms with Crippen molar-refractivity contribution in [1.29, 1.82) is 0 Å². The van der Waals surface area contributed by atoms with Gasteiger partial charge in [0.25, 0.3) is 0 Å². The summed E-state index contributed by atoms with van der Waals surface area (Å²) in [6, 6.07) is -0.123. The number of nitrogens with zero attached hydrogens (tertiary/aromatic N) is 3. The van der Waals surface area contributed by atoms with Crippen LogP contribution in [0.1, 0.15) is 31.5 Å². The van der Waals surface area contributed by atoms with Crippen molar-refractivity contribution in [2.45, 2.75) is 26.8 Å². The van der Waals surface area contributed by atoms with Gasteiger partial charge in [0.2, 0.25) is 11.6 Å². The Balaban J connectivity index is 2.22. The van der Waals surface area contributed by atoms with E-state index in [0.29, 0.717) is 23.3 Å². The number of rotatable bonds is 6. The molecule has 20 heavy (non-hydrogen) atoms. The molecule has 0 spiro atoms. The van der Waals surface area contributed by atoms with Gasteiger partial charge in [-0.2, -0.15) is 0 Å². The summed E-state index contributed by atoms with van der Waals surface area (Å²) in [5, 5.41) is 6.35. The van der Waals surface area contributed by atoms with Gasteiger partial charge in [0.15, 0.2) is 11.6 Å². The van der Waals surface area contributed by atoms with Crippen LogP contribution in [0.5, 0.6) is 5.75 Å².